The summed E-state index contributed by atoms with van der Waals surface area (Å²) >= 11 is 7.67. The van der Waals surface area contributed by atoms with Gasteiger partial charge in [-0.25, -0.2) is 4.98 Å². The van der Waals surface area contributed by atoms with Gasteiger partial charge in [0.05, 0.1) is 10.7 Å². The number of hydrogen-bond acceptors (Lipinski definition) is 3. The Balaban J connectivity index is 2.08. The molecule has 0 aliphatic heterocycles. The van der Waals surface area contributed by atoms with E-state index in [1.54, 1.807) is 11.3 Å². The first-order valence-electron chi connectivity index (χ1n) is 6.43. The maximum absolute atomic E-state index is 5.91. The topological polar surface area (TPSA) is 24.9 Å². The summed E-state index contributed by atoms with van der Waals surface area (Å²) in [5.41, 5.74) is 2.39. The van der Waals surface area contributed by atoms with Crippen molar-refractivity contribution >= 4 is 22.9 Å². The van der Waals surface area contributed by atoms with Gasteiger partial charge in [-0.1, -0.05) is 23.7 Å². The lowest BCUT2D eigenvalue weighted by Gasteiger charge is -2.20. The molecular formula is C15H19ClN2S. The molecule has 0 aliphatic carbocycles. The van der Waals surface area contributed by atoms with Gasteiger partial charge in [0.2, 0.25) is 0 Å². The number of halogens is 1. The highest BCUT2D eigenvalue weighted by Gasteiger charge is 2.16. The molecule has 0 bridgehead atoms. The number of nitrogens with zero attached hydrogens (tertiary/aromatic N) is 1. The van der Waals surface area contributed by atoms with Crippen molar-refractivity contribution in [1.82, 2.24) is 10.3 Å². The van der Waals surface area contributed by atoms with E-state index in [9.17, 15) is 0 Å². The first-order chi connectivity index (χ1) is 8.97. The highest BCUT2D eigenvalue weighted by atomic mass is 35.5. The maximum atomic E-state index is 5.91. The fraction of sp³-hybridized carbons (Fsp3) is 0.400. The fourth-order valence-corrected chi connectivity index (χ4v) is 3.29. The quantitative estimate of drug-likeness (QED) is 0.874. The van der Waals surface area contributed by atoms with Crippen molar-refractivity contribution in [2.45, 2.75) is 39.8 Å². The average molecular weight is 295 g/mol. The van der Waals surface area contributed by atoms with Gasteiger partial charge in [-0.2, -0.15) is 0 Å². The molecule has 19 heavy (non-hydrogen) atoms. The summed E-state index contributed by atoms with van der Waals surface area (Å²) in [4.78, 5) is 5.90. The molecule has 0 radical (unpaired) electrons. The van der Waals surface area contributed by atoms with Crippen LogP contribution in [0.3, 0.4) is 0 Å². The minimum absolute atomic E-state index is 0.246. The van der Waals surface area contributed by atoms with E-state index in [1.807, 2.05) is 12.1 Å². The number of nitrogens with one attached hydrogen (secondary N) is 1. The van der Waals surface area contributed by atoms with Crippen LogP contribution in [0.1, 0.15) is 47.1 Å². The molecule has 0 saturated carbocycles. The zero-order valence-electron chi connectivity index (χ0n) is 11.7. The van der Waals surface area contributed by atoms with Gasteiger partial charge < -0.3 is 5.32 Å². The summed E-state index contributed by atoms with van der Waals surface area (Å²) in [7, 11) is 0. The normalized spacial score (nSPS) is 14.4. The Labute approximate surface area is 123 Å². The van der Waals surface area contributed by atoms with Gasteiger partial charge in [-0.05, 0) is 45.4 Å². The van der Waals surface area contributed by atoms with Crippen LogP contribution in [0.2, 0.25) is 5.02 Å². The highest BCUT2D eigenvalue weighted by Crippen LogP contribution is 2.25. The van der Waals surface area contributed by atoms with Crippen molar-refractivity contribution in [3.8, 4) is 0 Å². The predicted molar refractivity (Wildman–Crippen MR) is 83.0 cm³/mol. The lowest BCUT2D eigenvalue weighted by molar-refractivity contribution is 0.486. The zero-order valence-corrected chi connectivity index (χ0v) is 13.3. The second-order valence-corrected chi connectivity index (χ2v) is 6.68. The van der Waals surface area contributed by atoms with Crippen molar-refractivity contribution in [3.05, 3.63) is 50.4 Å². The van der Waals surface area contributed by atoms with Crippen molar-refractivity contribution in [3.63, 3.8) is 0 Å². The average Bonchev–Trinajstić information content (AvgIpc) is 2.69. The second-order valence-electron chi connectivity index (χ2n) is 4.84. The Morgan fingerprint density at radius 3 is 2.26 bits per heavy atom. The Kier molecular flexibility index (Phi) is 4.61. The molecule has 2 atom stereocenters. The van der Waals surface area contributed by atoms with Crippen LogP contribution in [-0.4, -0.2) is 4.98 Å². The number of hydrogen-bond donors (Lipinski definition) is 1. The third kappa shape index (κ3) is 3.56. The molecule has 0 amide bonds. The van der Waals surface area contributed by atoms with Crippen molar-refractivity contribution < 1.29 is 0 Å². The van der Waals surface area contributed by atoms with Crippen LogP contribution in [0.5, 0.6) is 0 Å². The van der Waals surface area contributed by atoms with E-state index in [0.717, 1.165) is 15.7 Å². The minimum atomic E-state index is 0.246. The van der Waals surface area contributed by atoms with Gasteiger partial charge in [0, 0.05) is 22.0 Å². The Morgan fingerprint density at radius 2 is 1.74 bits per heavy atom. The molecule has 2 rings (SSSR count). The van der Waals surface area contributed by atoms with E-state index >= 15 is 0 Å². The maximum Gasteiger partial charge on any atom is 0.0900 e. The number of rotatable bonds is 4. The van der Waals surface area contributed by atoms with E-state index < -0.39 is 0 Å². The van der Waals surface area contributed by atoms with Gasteiger partial charge in [0.15, 0.2) is 0 Å². The van der Waals surface area contributed by atoms with Gasteiger partial charge in [0.25, 0.3) is 0 Å². The molecule has 1 aromatic carbocycles. The molecule has 1 heterocycles. The molecule has 0 saturated heterocycles. The van der Waals surface area contributed by atoms with Crippen LogP contribution >= 0.6 is 22.9 Å². The highest BCUT2D eigenvalue weighted by molar-refractivity contribution is 7.11. The molecule has 0 spiro atoms. The van der Waals surface area contributed by atoms with E-state index in [4.69, 9.17) is 11.6 Å². The Morgan fingerprint density at radius 1 is 1.11 bits per heavy atom. The summed E-state index contributed by atoms with van der Waals surface area (Å²) < 4.78 is 0. The summed E-state index contributed by atoms with van der Waals surface area (Å²) in [5.74, 6) is 0. The van der Waals surface area contributed by atoms with Crippen LogP contribution in [0.25, 0.3) is 0 Å². The molecule has 0 aliphatic rings. The molecule has 102 valence electrons. The number of aromatic nitrogens is 1. The largest absolute Gasteiger partial charge is 0.302 e. The van der Waals surface area contributed by atoms with E-state index in [0.29, 0.717) is 0 Å². The van der Waals surface area contributed by atoms with Gasteiger partial charge in [0.1, 0.15) is 0 Å². The first kappa shape index (κ1) is 14.5. The summed E-state index contributed by atoms with van der Waals surface area (Å²) in [6.07, 6.45) is 0. The predicted octanol–water partition coefficient (Wildman–Crippen LogP) is 4.83. The van der Waals surface area contributed by atoms with Crippen LogP contribution in [-0.2, 0) is 0 Å². The Hall–Kier alpha value is -0.900. The van der Waals surface area contributed by atoms with Gasteiger partial charge in [-0.15, -0.1) is 11.3 Å². The van der Waals surface area contributed by atoms with Crippen LogP contribution < -0.4 is 5.32 Å². The molecule has 2 aromatic rings. The standard InChI is InChI=1S/C15H19ClN2S/c1-9(13-5-7-14(16)8-6-13)17-10(2)15-11(3)19-12(4)18-15/h5-10,17H,1-4H3/t9-,10?/m0/s1. The zero-order chi connectivity index (χ0) is 14.0. The minimum Gasteiger partial charge on any atom is -0.302 e. The summed E-state index contributed by atoms with van der Waals surface area (Å²) in [6, 6.07) is 8.50. The van der Waals surface area contributed by atoms with E-state index in [2.05, 4.69) is 50.1 Å². The smallest absolute Gasteiger partial charge is 0.0900 e. The van der Waals surface area contributed by atoms with Crippen LogP contribution in [0, 0.1) is 13.8 Å². The molecule has 4 heteroatoms. The van der Waals surface area contributed by atoms with Crippen molar-refractivity contribution in [2.75, 3.05) is 0 Å². The van der Waals surface area contributed by atoms with E-state index in [-0.39, 0.29) is 12.1 Å². The molecule has 0 fully saturated rings. The fourth-order valence-electron chi connectivity index (χ4n) is 2.25. The summed E-state index contributed by atoms with van der Waals surface area (Å²) in [5, 5.41) is 5.49. The molecule has 1 aromatic heterocycles. The third-order valence-electron chi connectivity index (χ3n) is 3.22. The number of thiazole rings is 1. The van der Waals surface area contributed by atoms with Crippen molar-refractivity contribution in [2.24, 2.45) is 0 Å². The summed E-state index contributed by atoms with van der Waals surface area (Å²) in [6.45, 7) is 8.50. The molecule has 2 nitrogen and oxygen atoms in total. The monoisotopic (exact) mass is 294 g/mol. The second kappa shape index (κ2) is 6.04. The van der Waals surface area contributed by atoms with Crippen LogP contribution in [0.15, 0.2) is 24.3 Å². The molecule has 1 unspecified atom stereocenters. The molecular weight excluding hydrogens is 276 g/mol. The number of aryl methyl sites for hydroxylation is 2. The van der Waals surface area contributed by atoms with Crippen molar-refractivity contribution in [1.29, 1.82) is 0 Å². The van der Waals surface area contributed by atoms with Gasteiger partial charge in [-0.3, -0.25) is 0 Å². The Bertz CT molecular complexity index is 548. The molecule has 1 N–H and O–H groups in total. The lowest BCUT2D eigenvalue weighted by Crippen LogP contribution is -2.23. The lowest BCUT2D eigenvalue weighted by atomic mass is 10.1. The SMILES string of the molecule is Cc1nc(C(C)N[C@@H](C)c2ccc(Cl)cc2)c(C)s1. The number of benzene rings is 1. The van der Waals surface area contributed by atoms with Gasteiger partial charge >= 0.3 is 0 Å². The third-order valence-corrected chi connectivity index (χ3v) is 4.37. The first-order valence-corrected chi connectivity index (χ1v) is 7.62. The van der Waals surface area contributed by atoms with E-state index in [1.165, 1.54) is 10.4 Å². The van der Waals surface area contributed by atoms with Crippen LogP contribution in [0.4, 0.5) is 0 Å².